The molecule has 2 aromatic carbocycles. The second-order valence-electron chi connectivity index (χ2n) is 11.1. The molecule has 1 heteroatoms. The van der Waals surface area contributed by atoms with Gasteiger partial charge in [-0.25, -0.2) is 0 Å². The average molecular weight is 556 g/mol. The molecule has 1 aliphatic carbocycles. The van der Waals surface area contributed by atoms with E-state index < -0.39 is 5.41 Å². The van der Waals surface area contributed by atoms with Crippen LogP contribution in [0.3, 0.4) is 0 Å². The van der Waals surface area contributed by atoms with Crippen LogP contribution in [-0.4, -0.2) is 0 Å². The first kappa shape index (κ1) is 32.4. The van der Waals surface area contributed by atoms with Crippen molar-refractivity contribution >= 4 is 5.69 Å². The van der Waals surface area contributed by atoms with Crippen LogP contribution in [0.15, 0.2) is 163 Å². The van der Waals surface area contributed by atoms with E-state index in [0.717, 1.165) is 37.1 Å². The van der Waals surface area contributed by atoms with E-state index in [2.05, 4.69) is 143 Å². The Balaban J connectivity index is 2.42. The standard InChI is InChI=1S/C41H49N/c1-9-13-15-18-25-33(6)41(37-27-20-17-21-28-37)31-39(36(12-4)23-11-3)35(8)40(41)42(34(7)26-19-16-14-10-2)38-29-22-24-32(5)30-38/h10-17,19-24,26-30,39H,3-4,6,9,18,25,31H2,1-2,5,7-8H3/b14-10-,15-13-,19-16-,34-26+,36-23+. The van der Waals surface area contributed by atoms with E-state index in [-0.39, 0.29) is 5.92 Å². The highest BCUT2D eigenvalue weighted by Crippen LogP contribution is 2.57. The first-order valence-corrected chi connectivity index (χ1v) is 15.2. The van der Waals surface area contributed by atoms with Gasteiger partial charge in [-0.05, 0) is 93.9 Å². The fraction of sp³-hybridized carbons (Fsp3) is 0.268. The fourth-order valence-corrected chi connectivity index (χ4v) is 6.22. The Morgan fingerprint density at radius 2 is 1.74 bits per heavy atom. The van der Waals surface area contributed by atoms with Crippen molar-refractivity contribution in [3.8, 4) is 0 Å². The predicted octanol–water partition coefficient (Wildman–Crippen LogP) is 11.7. The van der Waals surface area contributed by atoms with E-state index in [1.54, 1.807) is 0 Å². The summed E-state index contributed by atoms with van der Waals surface area (Å²) in [5, 5.41) is 0. The Morgan fingerprint density at radius 3 is 2.38 bits per heavy atom. The molecule has 0 fully saturated rings. The smallest absolute Gasteiger partial charge is 0.0573 e. The van der Waals surface area contributed by atoms with Crippen LogP contribution >= 0.6 is 0 Å². The Labute approximate surface area is 256 Å². The maximum atomic E-state index is 4.87. The van der Waals surface area contributed by atoms with Crippen LogP contribution in [0.5, 0.6) is 0 Å². The summed E-state index contributed by atoms with van der Waals surface area (Å²) < 4.78 is 0. The second kappa shape index (κ2) is 15.8. The van der Waals surface area contributed by atoms with Gasteiger partial charge in [-0.15, -0.1) is 0 Å². The number of allylic oxidation sites excluding steroid dienone is 14. The van der Waals surface area contributed by atoms with Gasteiger partial charge < -0.3 is 4.90 Å². The Morgan fingerprint density at radius 1 is 0.976 bits per heavy atom. The Kier molecular flexibility index (Phi) is 12.2. The van der Waals surface area contributed by atoms with Gasteiger partial charge in [0.2, 0.25) is 0 Å². The molecule has 0 amide bonds. The largest absolute Gasteiger partial charge is 0.317 e. The van der Waals surface area contributed by atoms with Crippen LogP contribution < -0.4 is 4.90 Å². The highest BCUT2D eigenvalue weighted by atomic mass is 15.2. The zero-order chi connectivity index (χ0) is 30.5. The summed E-state index contributed by atoms with van der Waals surface area (Å²) in [4.78, 5) is 2.48. The zero-order valence-electron chi connectivity index (χ0n) is 26.4. The molecular weight excluding hydrogens is 506 g/mol. The molecule has 2 aromatic rings. The molecule has 0 aromatic heterocycles. The molecule has 0 radical (unpaired) electrons. The van der Waals surface area contributed by atoms with E-state index in [9.17, 15) is 0 Å². The molecule has 0 saturated carbocycles. The molecule has 0 spiro atoms. The van der Waals surface area contributed by atoms with Gasteiger partial charge in [0.05, 0.1) is 5.41 Å². The third-order valence-electron chi connectivity index (χ3n) is 8.23. The molecule has 2 atom stereocenters. The number of nitrogens with zero attached hydrogens (tertiary/aromatic N) is 1. The molecule has 0 saturated heterocycles. The van der Waals surface area contributed by atoms with Crippen molar-refractivity contribution in [1.82, 2.24) is 0 Å². The first-order chi connectivity index (χ1) is 20.3. The predicted molar refractivity (Wildman–Crippen MR) is 187 cm³/mol. The maximum absolute atomic E-state index is 4.87. The molecule has 0 bridgehead atoms. The molecule has 1 nitrogen and oxygen atoms in total. The number of rotatable bonds is 14. The van der Waals surface area contributed by atoms with Gasteiger partial charge in [-0.2, -0.15) is 0 Å². The van der Waals surface area contributed by atoms with Crippen LogP contribution in [0.2, 0.25) is 0 Å². The van der Waals surface area contributed by atoms with Crippen molar-refractivity contribution in [2.75, 3.05) is 4.90 Å². The lowest BCUT2D eigenvalue weighted by Crippen LogP contribution is -2.38. The SMILES string of the molecule is C=C/C=C(\C=C)C1CC(C(=C)CC/C=C\CC)(c2ccccc2)C(N(/C(C)=C/C=C\C=C/C)c2cccc(C)c2)=C1C. The highest BCUT2D eigenvalue weighted by Gasteiger charge is 2.50. The molecule has 3 rings (SSSR count). The van der Waals surface area contributed by atoms with Gasteiger partial charge in [0.15, 0.2) is 0 Å². The van der Waals surface area contributed by atoms with Crippen LogP contribution in [0.25, 0.3) is 0 Å². The van der Waals surface area contributed by atoms with Crippen molar-refractivity contribution in [3.05, 3.63) is 174 Å². The van der Waals surface area contributed by atoms with Gasteiger partial charge in [0.1, 0.15) is 0 Å². The lowest BCUT2D eigenvalue weighted by Gasteiger charge is -2.42. The molecule has 2 unspecified atom stereocenters. The van der Waals surface area contributed by atoms with Gasteiger partial charge >= 0.3 is 0 Å². The topological polar surface area (TPSA) is 3.24 Å². The van der Waals surface area contributed by atoms with E-state index in [4.69, 9.17) is 6.58 Å². The molecule has 0 heterocycles. The lowest BCUT2D eigenvalue weighted by molar-refractivity contribution is 0.507. The van der Waals surface area contributed by atoms with E-state index in [1.165, 1.54) is 33.5 Å². The minimum Gasteiger partial charge on any atom is -0.317 e. The summed E-state index contributed by atoms with van der Waals surface area (Å²) in [6.45, 7) is 24.0. The van der Waals surface area contributed by atoms with Crippen LogP contribution in [0.1, 0.15) is 64.5 Å². The third kappa shape index (κ3) is 7.21. The maximum Gasteiger partial charge on any atom is 0.0573 e. The van der Waals surface area contributed by atoms with E-state index in [0.29, 0.717) is 0 Å². The quantitative estimate of drug-likeness (QED) is 0.165. The second-order valence-corrected chi connectivity index (χ2v) is 11.1. The Hall–Kier alpha value is -4.10. The van der Waals surface area contributed by atoms with Crippen molar-refractivity contribution in [1.29, 1.82) is 0 Å². The van der Waals surface area contributed by atoms with Gasteiger partial charge in [0, 0.05) is 23.0 Å². The number of anilines is 1. The normalized spacial score (nSPS) is 19.8. The van der Waals surface area contributed by atoms with Crippen molar-refractivity contribution in [2.45, 2.75) is 65.7 Å². The van der Waals surface area contributed by atoms with Gasteiger partial charge in [-0.1, -0.05) is 129 Å². The molecular formula is C41H49N. The summed E-state index contributed by atoms with van der Waals surface area (Å²) >= 11 is 0. The Bertz CT molecular complexity index is 1420. The summed E-state index contributed by atoms with van der Waals surface area (Å²) in [5.74, 6) is 0.178. The van der Waals surface area contributed by atoms with Gasteiger partial charge in [-0.3, -0.25) is 0 Å². The lowest BCUT2D eigenvalue weighted by atomic mass is 9.68. The first-order valence-electron chi connectivity index (χ1n) is 15.2. The average Bonchev–Trinajstić information content (AvgIpc) is 3.30. The van der Waals surface area contributed by atoms with Crippen molar-refractivity contribution in [3.63, 3.8) is 0 Å². The molecule has 1 aliphatic rings. The molecule has 42 heavy (non-hydrogen) atoms. The fourth-order valence-electron chi connectivity index (χ4n) is 6.22. The summed E-state index contributed by atoms with van der Waals surface area (Å²) in [6, 6.07) is 19.8. The van der Waals surface area contributed by atoms with E-state index >= 15 is 0 Å². The molecule has 0 N–H and O–H groups in total. The van der Waals surface area contributed by atoms with Crippen molar-refractivity contribution in [2.24, 2.45) is 5.92 Å². The molecule has 0 aliphatic heterocycles. The van der Waals surface area contributed by atoms with Gasteiger partial charge in [0.25, 0.3) is 0 Å². The zero-order valence-corrected chi connectivity index (χ0v) is 26.4. The van der Waals surface area contributed by atoms with Crippen LogP contribution in [0.4, 0.5) is 5.69 Å². The minimum atomic E-state index is -0.398. The molecule has 218 valence electrons. The van der Waals surface area contributed by atoms with Crippen LogP contribution in [-0.2, 0) is 5.41 Å². The van der Waals surface area contributed by atoms with E-state index in [1.807, 2.05) is 25.2 Å². The van der Waals surface area contributed by atoms with Crippen molar-refractivity contribution < 1.29 is 0 Å². The van der Waals surface area contributed by atoms with Crippen LogP contribution in [0, 0.1) is 12.8 Å². The summed E-state index contributed by atoms with van der Waals surface area (Å²) in [6.07, 6.45) is 24.9. The minimum absolute atomic E-state index is 0.178. The summed E-state index contributed by atoms with van der Waals surface area (Å²) in [7, 11) is 0. The third-order valence-corrected chi connectivity index (χ3v) is 8.23. The highest BCUT2D eigenvalue weighted by molar-refractivity contribution is 5.68. The number of aryl methyl sites for hydroxylation is 1. The monoisotopic (exact) mass is 555 g/mol. The summed E-state index contributed by atoms with van der Waals surface area (Å²) in [5.41, 5.74) is 9.48. The number of hydrogen-bond donors (Lipinski definition) is 0. The number of hydrogen-bond acceptors (Lipinski definition) is 1. The number of benzene rings is 2.